The van der Waals surface area contributed by atoms with E-state index in [1.165, 1.54) is 0 Å². The van der Waals surface area contributed by atoms with Gasteiger partial charge in [0.1, 0.15) is 0 Å². The maximum Gasteiger partial charge on any atom is 0.257 e. The fraction of sp³-hybridized carbons (Fsp3) is 0.400. The second kappa shape index (κ2) is 5.31. The second-order valence-electron chi connectivity index (χ2n) is 3.27. The summed E-state index contributed by atoms with van der Waals surface area (Å²) in [7, 11) is 1.76. The minimum atomic E-state index is -0.0714. The number of aromatic nitrogens is 1. The molecule has 0 unspecified atom stereocenters. The van der Waals surface area contributed by atoms with Gasteiger partial charge in [-0.2, -0.15) is 0 Å². The molecule has 0 aliphatic carbocycles. The first-order valence-electron chi connectivity index (χ1n) is 4.87. The number of carbonyl (C=O) groups excluding carboxylic acids is 1. The number of rotatable bonds is 4. The quantitative estimate of drug-likeness (QED) is 0.568. The third kappa shape index (κ3) is 2.66. The number of hydrogen-bond donors (Lipinski definition) is 2. The fourth-order valence-corrected chi connectivity index (χ4v) is 1.34. The number of hydrazine groups is 1. The molecular weight excluding hydrogens is 192 g/mol. The van der Waals surface area contributed by atoms with Gasteiger partial charge < -0.3 is 10.3 Å². The molecule has 1 rings (SSSR count). The highest BCUT2D eigenvalue weighted by atomic mass is 16.2. The zero-order chi connectivity index (χ0) is 11.3. The van der Waals surface area contributed by atoms with Gasteiger partial charge in [0.05, 0.1) is 5.56 Å². The van der Waals surface area contributed by atoms with Gasteiger partial charge in [-0.15, -0.1) is 0 Å². The van der Waals surface area contributed by atoms with E-state index in [1.807, 2.05) is 6.92 Å². The van der Waals surface area contributed by atoms with E-state index in [4.69, 9.17) is 5.84 Å². The Morgan fingerprint density at radius 2 is 2.40 bits per heavy atom. The van der Waals surface area contributed by atoms with Crippen molar-refractivity contribution in [1.29, 1.82) is 0 Å². The molecule has 0 bridgehead atoms. The number of anilines is 1. The van der Waals surface area contributed by atoms with Crippen LogP contribution < -0.4 is 11.3 Å². The van der Waals surface area contributed by atoms with Crippen LogP contribution >= 0.6 is 0 Å². The molecule has 0 saturated heterocycles. The van der Waals surface area contributed by atoms with Gasteiger partial charge in [0, 0.05) is 19.8 Å². The molecule has 15 heavy (non-hydrogen) atoms. The largest absolute Gasteiger partial charge is 0.342 e. The topological polar surface area (TPSA) is 71.2 Å². The van der Waals surface area contributed by atoms with Crippen LogP contribution in [0.5, 0.6) is 0 Å². The summed E-state index contributed by atoms with van der Waals surface area (Å²) < 4.78 is 0. The summed E-state index contributed by atoms with van der Waals surface area (Å²) in [5.74, 6) is 5.62. The lowest BCUT2D eigenvalue weighted by Crippen LogP contribution is -2.28. The number of carbonyl (C=O) groups is 1. The van der Waals surface area contributed by atoms with E-state index in [2.05, 4.69) is 10.4 Å². The summed E-state index contributed by atoms with van der Waals surface area (Å²) in [4.78, 5) is 17.5. The highest BCUT2D eigenvalue weighted by molar-refractivity contribution is 5.98. The Morgan fingerprint density at radius 3 is 3.00 bits per heavy atom. The van der Waals surface area contributed by atoms with Crippen LogP contribution in [0.3, 0.4) is 0 Å². The molecule has 0 fully saturated rings. The third-order valence-corrected chi connectivity index (χ3v) is 2.08. The number of nitrogens with two attached hydrogens (primary N) is 1. The molecule has 1 heterocycles. The minimum absolute atomic E-state index is 0.0714. The highest BCUT2D eigenvalue weighted by Gasteiger charge is 2.14. The van der Waals surface area contributed by atoms with E-state index in [0.717, 1.165) is 13.0 Å². The van der Waals surface area contributed by atoms with Gasteiger partial charge >= 0.3 is 0 Å². The molecule has 0 aliphatic rings. The molecule has 0 aliphatic heterocycles. The first kappa shape index (κ1) is 11.5. The van der Waals surface area contributed by atoms with Crippen LogP contribution in [0, 0.1) is 0 Å². The van der Waals surface area contributed by atoms with Crippen molar-refractivity contribution in [3.63, 3.8) is 0 Å². The van der Waals surface area contributed by atoms with Crippen molar-refractivity contribution in [2.24, 2.45) is 5.84 Å². The number of nitrogens with zero attached hydrogens (tertiary/aromatic N) is 2. The van der Waals surface area contributed by atoms with E-state index < -0.39 is 0 Å². The van der Waals surface area contributed by atoms with E-state index in [0.29, 0.717) is 11.4 Å². The predicted molar refractivity (Wildman–Crippen MR) is 59.3 cm³/mol. The number of pyridine rings is 1. The first-order chi connectivity index (χ1) is 7.20. The smallest absolute Gasteiger partial charge is 0.257 e. The van der Waals surface area contributed by atoms with E-state index in [9.17, 15) is 4.79 Å². The predicted octanol–water partition coefficient (Wildman–Crippen LogP) is 0.849. The van der Waals surface area contributed by atoms with Crippen molar-refractivity contribution in [3.05, 3.63) is 23.9 Å². The Bertz CT molecular complexity index is 340. The molecule has 1 amide bonds. The Hall–Kier alpha value is -1.62. The molecule has 5 nitrogen and oxygen atoms in total. The lowest BCUT2D eigenvalue weighted by molar-refractivity contribution is 0.0795. The van der Waals surface area contributed by atoms with Gasteiger partial charge in [-0.05, 0) is 18.6 Å². The monoisotopic (exact) mass is 208 g/mol. The zero-order valence-electron chi connectivity index (χ0n) is 9.03. The van der Waals surface area contributed by atoms with Gasteiger partial charge in [-0.25, -0.2) is 10.8 Å². The Morgan fingerprint density at radius 1 is 1.67 bits per heavy atom. The van der Waals surface area contributed by atoms with Crippen LogP contribution in [-0.4, -0.2) is 29.4 Å². The molecule has 0 radical (unpaired) electrons. The van der Waals surface area contributed by atoms with Crippen LogP contribution in [0.15, 0.2) is 18.3 Å². The first-order valence-corrected chi connectivity index (χ1v) is 4.87. The second-order valence-corrected chi connectivity index (χ2v) is 3.27. The maximum absolute atomic E-state index is 11.9. The summed E-state index contributed by atoms with van der Waals surface area (Å²) in [5, 5.41) is 0. The molecule has 0 atom stereocenters. The average molecular weight is 208 g/mol. The summed E-state index contributed by atoms with van der Waals surface area (Å²) in [6.45, 7) is 2.74. The van der Waals surface area contributed by atoms with Crippen LogP contribution in [0.4, 0.5) is 5.82 Å². The normalized spacial score (nSPS) is 9.80. The molecule has 1 aromatic heterocycles. The molecule has 3 N–H and O–H groups in total. The number of amides is 1. The molecule has 1 aromatic rings. The fourth-order valence-electron chi connectivity index (χ4n) is 1.34. The SMILES string of the molecule is CCCN(C)C(=O)c1cccnc1NN. The van der Waals surface area contributed by atoms with Gasteiger partial charge in [-0.3, -0.25) is 4.79 Å². The number of nitrogen functional groups attached to an aromatic ring is 1. The standard InChI is InChI=1S/C10H16N4O/c1-3-7-14(2)10(15)8-5-4-6-12-9(8)13-11/h4-6H,3,7,11H2,1-2H3,(H,12,13). The lowest BCUT2D eigenvalue weighted by atomic mass is 10.2. The van der Waals surface area contributed by atoms with E-state index >= 15 is 0 Å². The van der Waals surface area contributed by atoms with Crippen molar-refractivity contribution >= 4 is 11.7 Å². The van der Waals surface area contributed by atoms with Crippen molar-refractivity contribution in [1.82, 2.24) is 9.88 Å². The molecule has 0 spiro atoms. The Balaban J connectivity index is 2.90. The summed E-state index contributed by atoms with van der Waals surface area (Å²) in [6.07, 6.45) is 2.51. The van der Waals surface area contributed by atoms with Crippen LogP contribution in [-0.2, 0) is 0 Å². The zero-order valence-corrected chi connectivity index (χ0v) is 9.03. The van der Waals surface area contributed by atoms with Gasteiger partial charge in [0.15, 0.2) is 5.82 Å². The van der Waals surface area contributed by atoms with E-state index in [1.54, 1.807) is 30.3 Å². The molecule has 82 valence electrons. The number of hydrogen-bond acceptors (Lipinski definition) is 4. The van der Waals surface area contributed by atoms with Gasteiger partial charge in [-0.1, -0.05) is 6.92 Å². The summed E-state index contributed by atoms with van der Waals surface area (Å²) in [5.41, 5.74) is 2.91. The lowest BCUT2D eigenvalue weighted by Gasteiger charge is -2.17. The Labute approximate surface area is 89.3 Å². The third-order valence-electron chi connectivity index (χ3n) is 2.08. The van der Waals surface area contributed by atoms with Crippen molar-refractivity contribution in [3.8, 4) is 0 Å². The van der Waals surface area contributed by atoms with Gasteiger partial charge in [0.2, 0.25) is 0 Å². The maximum atomic E-state index is 11.9. The van der Waals surface area contributed by atoms with Crippen LogP contribution in [0.25, 0.3) is 0 Å². The Kier molecular flexibility index (Phi) is 4.05. The van der Waals surface area contributed by atoms with Crippen LogP contribution in [0.2, 0.25) is 0 Å². The number of nitrogens with one attached hydrogen (secondary N) is 1. The molecule has 5 heteroatoms. The van der Waals surface area contributed by atoms with Gasteiger partial charge in [0.25, 0.3) is 5.91 Å². The van der Waals surface area contributed by atoms with Crippen LogP contribution in [0.1, 0.15) is 23.7 Å². The summed E-state index contributed by atoms with van der Waals surface area (Å²) >= 11 is 0. The van der Waals surface area contributed by atoms with Crippen molar-refractivity contribution < 1.29 is 4.79 Å². The molecule has 0 saturated carbocycles. The minimum Gasteiger partial charge on any atom is -0.342 e. The molecular formula is C10H16N4O. The van der Waals surface area contributed by atoms with Crippen molar-refractivity contribution in [2.45, 2.75) is 13.3 Å². The van der Waals surface area contributed by atoms with Crippen molar-refractivity contribution in [2.75, 3.05) is 19.0 Å². The average Bonchev–Trinajstić information content (AvgIpc) is 2.28. The van der Waals surface area contributed by atoms with E-state index in [-0.39, 0.29) is 5.91 Å². The summed E-state index contributed by atoms with van der Waals surface area (Å²) in [6, 6.07) is 3.42. The molecule has 0 aromatic carbocycles. The highest BCUT2D eigenvalue weighted by Crippen LogP contribution is 2.12.